The highest BCUT2D eigenvalue weighted by atomic mass is 31.2. The number of ether oxygens (including phenoxy) is 1. The lowest BCUT2D eigenvalue weighted by molar-refractivity contribution is -0.171. The Morgan fingerprint density at radius 3 is 2.29 bits per heavy atom. The van der Waals surface area contributed by atoms with Gasteiger partial charge in [0.2, 0.25) is 5.91 Å². The summed E-state index contributed by atoms with van der Waals surface area (Å²) >= 11 is 0. The van der Waals surface area contributed by atoms with E-state index in [2.05, 4.69) is 0 Å². The molecule has 0 fully saturated rings. The van der Waals surface area contributed by atoms with E-state index in [0.717, 1.165) is 11.3 Å². The molecule has 0 aliphatic heterocycles. The van der Waals surface area contributed by atoms with Gasteiger partial charge in [-0.3, -0.25) is 14.9 Å². The number of carbonyl (C=O) groups is 1. The minimum atomic E-state index is -2.31. The largest absolute Gasteiger partial charge is 0.497 e. The van der Waals surface area contributed by atoms with E-state index in [1.54, 1.807) is 25.3 Å². The Hall–Kier alpha value is -1.36. The van der Waals surface area contributed by atoms with Crippen molar-refractivity contribution < 1.29 is 19.3 Å². The first kappa shape index (κ1) is 17.7. The van der Waals surface area contributed by atoms with E-state index in [-0.39, 0.29) is 6.67 Å². The summed E-state index contributed by atoms with van der Waals surface area (Å²) < 4.78 is 17.1. The number of benzene rings is 1. The SMILES string of the molecule is COc1ccc(CN(CN(O)C(C)=O)CP(C)(C)=O)cc1. The van der Waals surface area contributed by atoms with Crippen molar-refractivity contribution in [3.05, 3.63) is 29.8 Å². The lowest BCUT2D eigenvalue weighted by Gasteiger charge is -2.27. The summed E-state index contributed by atoms with van der Waals surface area (Å²) in [6.07, 6.45) is 0.323. The number of carbonyl (C=O) groups excluding carboxylic acids is 1. The monoisotopic (exact) mass is 314 g/mol. The van der Waals surface area contributed by atoms with Crippen molar-refractivity contribution in [1.29, 1.82) is 0 Å². The van der Waals surface area contributed by atoms with Crippen LogP contribution in [0.1, 0.15) is 12.5 Å². The van der Waals surface area contributed by atoms with Gasteiger partial charge in [-0.25, -0.2) is 5.06 Å². The summed E-state index contributed by atoms with van der Waals surface area (Å²) in [5, 5.41) is 10.2. The average Bonchev–Trinajstić information content (AvgIpc) is 2.37. The number of hydroxylamine groups is 2. The van der Waals surface area contributed by atoms with Gasteiger partial charge in [-0.05, 0) is 31.0 Å². The fraction of sp³-hybridized carbons (Fsp3) is 0.500. The van der Waals surface area contributed by atoms with Crippen molar-refractivity contribution in [3.8, 4) is 5.75 Å². The van der Waals surface area contributed by atoms with E-state index >= 15 is 0 Å². The maximum atomic E-state index is 12.0. The first-order chi connectivity index (χ1) is 9.71. The molecule has 0 aliphatic carbocycles. The molecule has 1 rings (SSSR count). The van der Waals surface area contributed by atoms with Crippen molar-refractivity contribution in [2.45, 2.75) is 13.5 Å². The standard InChI is InChI=1S/C14H23N2O4P/c1-12(17)16(18)10-15(11-21(3,4)19)9-13-5-7-14(20-2)8-6-13/h5-8,18H,9-11H2,1-4H3. The zero-order chi connectivity index (χ0) is 16.0. The highest BCUT2D eigenvalue weighted by Crippen LogP contribution is 2.36. The summed E-state index contributed by atoms with van der Waals surface area (Å²) in [6.45, 7) is 5.16. The number of methoxy groups -OCH3 is 1. The zero-order valence-corrected chi connectivity index (χ0v) is 13.8. The second kappa shape index (κ2) is 7.59. The summed E-state index contributed by atoms with van der Waals surface area (Å²) in [5.74, 6) is 0.311. The number of hydrogen-bond donors (Lipinski definition) is 1. The lowest BCUT2D eigenvalue weighted by Crippen LogP contribution is -2.38. The van der Waals surface area contributed by atoms with Crippen molar-refractivity contribution in [1.82, 2.24) is 9.96 Å². The predicted octanol–water partition coefficient (Wildman–Crippen LogP) is 2.27. The second-order valence-electron chi connectivity index (χ2n) is 5.45. The van der Waals surface area contributed by atoms with Crippen LogP contribution in [0.15, 0.2) is 24.3 Å². The van der Waals surface area contributed by atoms with Crippen LogP contribution in [0.4, 0.5) is 0 Å². The van der Waals surface area contributed by atoms with Crippen LogP contribution in [0.3, 0.4) is 0 Å². The Morgan fingerprint density at radius 2 is 1.86 bits per heavy atom. The number of nitrogens with zero attached hydrogens (tertiary/aromatic N) is 2. The molecular weight excluding hydrogens is 291 g/mol. The number of amides is 1. The molecule has 0 aromatic heterocycles. The summed E-state index contributed by atoms with van der Waals surface area (Å²) in [4.78, 5) is 12.9. The minimum Gasteiger partial charge on any atom is -0.497 e. The Balaban J connectivity index is 2.79. The number of hydrogen-bond acceptors (Lipinski definition) is 5. The predicted molar refractivity (Wildman–Crippen MR) is 82.0 cm³/mol. The topological polar surface area (TPSA) is 70.1 Å². The molecule has 0 saturated carbocycles. The molecule has 0 heterocycles. The quantitative estimate of drug-likeness (QED) is 0.362. The first-order valence-corrected chi connectivity index (χ1v) is 9.36. The van der Waals surface area contributed by atoms with Crippen molar-refractivity contribution in [2.75, 3.05) is 33.4 Å². The van der Waals surface area contributed by atoms with Gasteiger partial charge in [-0.1, -0.05) is 12.1 Å². The average molecular weight is 314 g/mol. The summed E-state index contributed by atoms with van der Waals surface area (Å²) in [5.41, 5.74) is 0.987. The van der Waals surface area contributed by atoms with Gasteiger partial charge in [-0.15, -0.1) is 0 Å². The molecule has 0 radical (unpaired) electrons. The van der Waals surface area contributed by atoms with E-state index in [1.807, 2.05) is 24.3 Å². The molecule has 0 spiro atoms. The van der Waals surface area contributed by atoms with Crippen LogP contribution in [-0.2, 0) is 15.9 Å². The van der Waals surface area contributed by atoms with Gasteiger partial charge in [0.05, 0.1) is 20.5 Å². The van der Waals surface area contributed by atoms with Crippen molar-refractivity contribution >= 4 is 13.0 Å². The molecule has 1 aromatic rings. The van der Waals surface area contributed by atoms with Crippen LogP contribution < -0.4 is 4.74 Å². The molecule has 118 valence electrons. The van der Waals surface area contributed by atoms with Gasteiger partial charge in [0.25, 0.3) is 0 Å². The van der Waals surface area contributed by atoms with Gasteiger partial charge >= 0.3 is 0 Å². The zero-order valence-electron chi connectivity index (χ0n) is 12.9. The van der Waals surface area contributed by atoms with Crippen LogP contribution in [0.25, 0.3) is 0 Å². The molecular formula is C14H23N2O4P. The first-order valence-electron chi connectivity index (χ1n) is 6.57. The Morgan fingerprint density at radius 1 is 1.29 bits per heavy atom. The molecule has 0 saturated heterocycles. The van der Waals surface area contributed by atoms with Crippen LogP contribution in [0.5, 0.6) is 5.75 Å². The van der Waals surface area contributed by atoms with E-state index in [1.165, 1.54) is 6.92 Å². The van der Waals surface area contributed by atoms with Gasteiger partial charge < -0.3 is 9.30 Å². The van der Waals surface area contributed by atoms with E-state index in [4.69, 9.17) is 4.74 Å². The molecule has 0 unspecified atom stereocenters. The minimum absolute atomic E-state index is 0.0209. The fourth-order valence-electron chi connectivity index (χ4n) is 1.90. The third-order valence-electron chi connectivity index (χ3n) is 2.80. The fourth-order valence-corrected chi connectivity index (χ4v) is 3.06. The van der Waals surface area contributed by atoms with Crippen molar-refractivity contribution in [3.63, 3.8) is 0 Å². The highest BCUT2D eigenvalue weighted by Gasteiger charge is 2.18. The third-order valence-corrected chi connectivity index (χ3v) is 3.88. The second-order valence-corrected chi connectivity index (χ2v) is 8.88. The molecule has 0 bridgehead atoms. The molecule has 1 N–H and O–H groups in total. The van der Waals surface area contributed by atoms with Gasteiger partial charge in [-0.2, -0.15) is 0 Å². The maximum absolute atomic E-state index is 12.0. The number of rotatable bonds is 7. The van der Waals surface area contributed by atoms with Crippen LogP contribution >= 0.6 is 7.14 Å². The molecule has 21 heavy (non-hydrogen) atoms. The molecule has 0 atom stereocenters. The normalized spacial score (nSPS) is 11.5. The Kier molecular flexibility index (Phi) is 6.40. The van der Waals surface area contributed by atoms with E-state index in [0.29, 0.717) is 17.9 Å². The molecule has 1 aromatic carbocycles. The van der Waals surface area contributed by atoms with Crippen molar-refractivity contribution in [2.24, 2.45) is 0 Å². The lowest BCUT2D eigenvalue weighted by atomic mass is 10.2. The Labute approximate surface area is 125 Å². The summed E-state index contributed by atoms with van der Waals surface area (Å²) in [6, 6.07) is 7.48. The summed E-state index contributed by atoms with van der Waals surface area (Å²) in [7, 11) is -0.709. The Bertz CT molecular complexity index is 512. The van der Waals surface area contributed by atoms with Gasteiger partial charge in [0, 0.05) is 13.5 Å². The van der Waals surface area contributed by atoms with Gasteiger partial charge in [0.1, 0.15) is 12.4 Å². The van der Waals surface area contributed by atoms with E-state index < -0.39 is 13.0 Å². The smallest absolute Gasteiger partial charge is 0.244 e. The third kappa shape index (κ3) is 6.76. The highest BCUT2D eigenvalue weighted by molar-refractivity contribution is 7.62. The van der Waals surface area contributed by atoms with E-state index in [9.17, 15) is 14.6 Å². The van der Waals surface area contributed by atoms with Crippen LogP contribution in [-0.4, -0.2) is 54.5 Å². The molecule has 0 aliphatic rings. The molecule has 6 nitrogen and oxygen atoms in total. The molecule has 7 heteroatoms. The van der Waals surface area contributed by atoms with Crippen LogP contribution in [0, 0.1) is 0 Å². The van der Waals surface area contributed by atoms with Gasteiger partial charge in [0.15, 0.2) is 0 Å². The van der Waals surface area contributed by atoms with Crippen LogP contribution in [0.2, 0.25) is 0 Å². The maximum Gasteiger partial charge on any atom is 0.244 e. The molecule has 1 amide bonds.